The Hall–Kier alpha value is -1.34. The number of benzene rings is 1. The van der Waals surface area contributed by atoms with Crippen molar-refractivity contribution in [3.8, 4) is 0 Å². The quantitative estimate of drug-likeness (QED) is 0.689. The van der Waals surface area contributed by atoms with E-state index in [2.05, 4.69) is 31.4 Å². The molecular formula is C17H20BrN3O2S. The third-order valence-electron chi connectivity index (χ3n) is 3.83. The number of thioether (sulfide) groups is 1. The first kappa shape index (κ1) is 17.5. The first-order valence-electron chi connectivity index (χ1n) is 8.04. The predicted molar refractivity (Wildman–Crippen MR) is 96.9 cm³/mol. The van der Waals surface area contributed by atoms with Crippen LogP contribution in [-0.2, 0) is 4.79 Å². The number of nitrogens with one attached hydrogen (secondary N) is 1. The molecule has 0 aliphatic heterocycles. The lowest BCUT2D eigenvalue weighted by Gasteiger charge is -2.18. The van der Waals surface area contributed by atoms with Crippen LogP contribution in [0.1, 0.15) is 50.4 Å². The summed E-state index contributed by atoms with van der Waals surface area (Å²) in [5.41, 5.74) is 0. The van der Waals surface area contributed by atoms with Crippen LogP contribution in [0.2, 0.25) is 0 Å². The first-order chi connectivity index (χ1) is 11.5. The van der Waals surface area contributed by atoms with Gasteiger partial charge in [-0.2, -0.15) is 4.98 Å². The lowest BCUT2D eigenvalue weighted by molar-refractivity contribution is -0.119. The van der Waals surface area contributed by atoms with Gasteiger partial charge in [-0.05, 0) is 43.0 Å². The van der Waals surface area contributed by atoms with Gasteiger partial charge in [-0.25, -0.2) is 0 Å². The largest absolute Gasteiger partial charge is 0.343 e. The van der Waals surface area contributed by atoms with Crippen molar-refractivity contribution in [3.05, 3.63) is 40.5 Å². The second kappa shape index (κ2) is 7.70. The summed E-state index contributed by atoms with van der Waals surface area (Å²) in [6, 6.07) is 7.66. The van der Waals surface area contributed by atoms with Crippen LogP contribution < -0.4 is 5.32 Å². The Morgan fingerprint density at radius 1 is 1.38 bits per heavy atom. The Kier molecular flexibility index (Phi) is 5.61. The fourth-order valence-electron chi connectivity index (χ4n) is 2.29. The topological polar surface area (TPSA) is 68.0 Å². The molecule has 7 heteroatoms. The first-order valence-corrected chi connectivity index (χ1v) is 9.82. The van der Waals surface area contributed by atoms with E-state index in [9.17, 15) is 4.79 Å². The number of nitrogens with zero attached hydrogens (tertiary/aromatic N) is 2. The molecule has 1 atom stereocenters. The van der Waals surface area contributed by atoms with E-state index in [0.29, 0.717) is 17.6 Å². The molecule has 128 valence electrons. The molecular weight excluding hydrogens is 390 g/mol. The predicted octanol–water partition coefficient (Wildman–Crippen LogP) is 4.32. The van der Waals surface area contributed by atoms with Gasteiger partial charge in [0.1, 0.15) is 6.04 Å². The number of hydrogen-bond acceptors (Lipinski definition) is 5. The second-order valence-corrected chi connectivity index (χ2v) is 8.26. The van der Waals surface area contributed by atoms with E-state index in [1.165, 1.54) is 11.8 Å². The van der Waals surface area contributed by atoms with Crippen molar-refractivity contribution in [2.75, 3.05) is 5.75 Å². The smallest absolute Gasteiger partial charge is 0.249 e. The fourth-order valence-corrected chi connectivity index (χ4v) is 3.26. The van der Waals surface area contributed by atoms with Crippen molar-refractivity contribution >= 4 is 33.6 Å². The monoisotopic (exact) mass is 409 g/mol. The zero-order chi connectivity index (χ0) is 17.1. The van der Waals surface area contributed by atoms with Crippen molar-refractivity contribution in [2.45, 2.75) is 43.5 Å². The molecule has 1 N–H and O–H groups in total. The number of amides is 1. The van der Waals surface area contributed by atoms with Crippen LogP contribution in [0.5, 0.6) is 0 Å². The van der Waals surface area contributed by atoms with Gasteiger partial charge in [0.2, 0.25) is 11.8 Å². The molecule has 0 spiro atoms. The van der Waals surface area contributed by atoms with Crippen LogP contribution >= 0.6 is 27.7 Å². The lowest BCUT2D eigenvalue weighted by atomic mass is 10.0. The number of carbonyl (C=O) groups excluding carboxylic acids is 1. The molecule has 1 aliphatic rings. The van der Waals surface area contributed by atoms with Crippen LogP contribution in [-0.4, -0.2) is 21.8 Å². The van der Waals surface area contributed by atoms with Gasteiger partial charge in [-0.3, -0.25) is 4.79 Å². The molecule has 1 fully saturated rings. The molecule has 1 saturated carbocycles. The van der Waals surface area contributed by atoms with E-state index >= 15 is 0 Å². The standard InChI is InChI=1S/C17H20BrN3O2S/c1-10(2)15(17-20-16(21-23-17)11-3-4-11)19-14(22)9-24-13-7-5-12(18)6-8-13/h5-8,10-11,15H,3-4,9H2,1-2H3,(H,19,22). The van der Waals surface area contributed by atoms with E-state index in [4.69, 9.17) is 4.52 Å². The second-order valence-electron chi connectivity index (χ2n) is 6.30. The van der Waals surface area contributed by atoms with Crippen LogP contribution in [0.25, 0.3) is 0 Å². The average Bonchev–Trinajstić information content (AvgIpc) is 3.30. The average molecular weight is 410 g/mol. The molecule has 5 nitrogen and oxygen atoms in total. The molecule has 1 aromatic carbocycles. The van der Waals surface area contributed by atoms with Gasteiger partial charge in [-0.15, -0.1) is 11.8 Å². The van der Waals surface area contributed by atoms with Crippen molar-refractivity contribution in [1.29, 1.82) is 0 Å². The fraction of sp³-hybridized carbons (Fsp3) is 0.471. The maximum absolute atomic E-state index is 12.3. The molecule has 2 aromatic rings. The normalized spacial score (nSPS) is 15.5. The summed E-state index contributed by atoms with van der Waals surface area (Å²) >= 11 is 4.91. The lowest BCUT2D eigenvalue weighted by Crippen LogP contribution is -2.33. The summed E-state index contributed by atoms with van der Waals surface area (Å²) in [6.07, 6.45) is 2.25. The Labute approximate surface area is 154 Å². The number of halogens is 1. The zero-order valence-corrected chi connectivity index (χ0v) is 16.1. The highest BCUT2D eigenvalue weighted by atomic mass is 79.9. The van der Waals surface area contributed by atoms with E-state index in [-0.39, 0.29) is 17.9 Å². The number of hydrogen-bond donors (Lipinski definition) is 1. The van der Waals surface area contributed by atoms with Crippen molar-refractivity contribution in [3.63, 3.8) is 0 Å². The minimum absolute atomic E-state index is 0.0345. The van der Waals surface area contributed by atoms with Crippen molar-refractivity contribution in [1.82, 2.24) is 15.5 Å². The molecule has 1 heterocycles. The highest BCUT2D eigenvalue weighted by Crippen LogP contribution is 2.38. The summed E-state index contributed by atoms with van der Waals surface area (Å²) in [6.45, 7) is 4.07. The summed E-state index contributed by atoms with van der Waals surface area (Å²) < 4.78 is 6.41. The molecule has 1 amide bonds. The summed E-state index contributed by atoms with van der Waals surface area (Å²) in [7, 11) is 0. The van der Waals surface area contributed by atoms with Crippen LogP contribution in [0.4, 0.5) is 0 Å². The summed E-state index contributed by atoms with van der Waals surface area (Å²) in [5.74, 6) is 2.23. The molecule has 3 rings (SSSR count). The van der Waals surface area contributed by atoms with Gasteiger partial charge in [0, 0.05) is 15.3 Å². The minimum atomic E-state index is -0.247. The summed E-state index contributed by atoms with van der Waals surface area (Å²) in [5, 5.41) is 7.07. The number of rotatable bonds is 7. The summed E-state index contributed by atoms with van der Waals surface area (Å²) in [4.78, 5) is 17.8. The molecule has 0 bridgehead atoms. The highest BCUT2D eigenvalue weighted by Gasteiger charge is 2.31. The van der Waals surface area contributed by atoms with Gasteiger partial charge in [0.05, 0.1) is 5.75 Å². The van der Waals surface area contributed by atoms with E-state index in [1.54, 1.807) is 0 Å². The van der Waals surface area contributed by atoms with Gasteiger partial charge in [-0.1, -0.05) is 34.9 Å². The van der Waals surface area contributed by atoms with Gasteiger partial charge in [0.15, 0.2) is 5.82 Å². The van der Waals surface area contributed by atoms with Gasteiger partial charge in [0.25, 0.3) is 0 Å². The molecule has 1 aliphatic carbocycles. The molecule has 1 unspecified atom stereocenters. The third-order valence-corrected chi connectivity index (χ3v) is 5.37. The number of aromatic nitrogens is 2. The third kappa shape index (κ3) is 4.60. The maximum Gasteiger partial charge on any atom is 0.249 e. The molecule has 1 aromatic heterocycles. The van der Waals surface area contributed by atoms with E-state index in [1.807, 2.05) is 38.1 Å². The SMILES string of the molecule is CC(C)C(NC(=O)CSc1ccc(Br)cc1)c1nc(C2CC2)no1. The zero-order valence-electron chi connectivity index (χ0n) is 13.7. The maximum atomic E-state index is 12.3. The Balaban J connectivity index is 1.57. The van der Waals surface area contributed by atoms with Crippen LogP contribution in [0.15, 0.2) is 38.2 Å². The van der Waals surface area contributed by atoms with Gasteiger partial charge < -0.3 is 9.84 Å². The molecule has 0 saturated heterocycles. The number of carbonyl (C=O) groups is 1. The van der Waals surface area contributed by atoms with Crippen molar-refractivity contribution < 1.29 is 9.32 Å². The molecule has 24 heavy (non-hydrogen) atoms. The van der Waals surface area contributed by atoms with Crippen molar-refractivity contribution in [2.24, 2.45) is 5.92 Å². The van der Waals surface area contributed by atoms with Gasteiger partial charge >= 0.3 is 0 Å². The Bertz CT molecular complexity index is 698. The highest BCUT2D eigenvalue weighted by molar-refractivity contribution is 9.10. The van der Waals surface area contributed by atoms with Crippen LogP contribution in [0, 0.1) is 5.92 Å². The van der Waals surface area contributed by atoms with E-state index < -0.39 is 0 Å². The minimum Gasteiger partial charge on any atom is -0.343 e. The Morgan fingerprint density at radius 2 is 2.08 bits per heavy atom. The molecule has 0 radical (unpaired) electrons. The Morgan fingerprint density at radius 3 is 2.71 bits per heavy atom. The van der Waals surface area contributed by atoms with Crippen LogP contribution in [0.3, 0.4) is 0 Å². The van der Waals surface area contributed by atoms with E-state index in [0.717, 1.165) is 28.0 Å².